The molecule has 3 rings (SSSR count). The minimum absolute atomic E-state index is 0.113. The summed E-state index contributed by atoms with van der Waals surface area (Å²) >= 11 is 1.75. The summed E-state index contributed by atoms with van der Waals surface area (Å²) in [5.41, 5.74) is 1.80. The zero-order valence-electron chi connectivity index (χ0n) is 14.8. The van der Waals surface area contributed by atoms with Crippen LogP contribution in [0.5, 0.6) is 5.75 Å². The molecule has 0 spiro atoms. The Balaban J connectivity index is 1.74. The molecule has 1 heterocycles. The van der Waals surface area contributed by atoms with Crippen molar-refractivity contribution >= 4 is 17.7 Å². The van der Waals surface area contributed by atoms with Crippen molar-refractivity contribution in [3.05, 3.63) is 59.7 Å². The first-order chi connectivity index (χ1) is 12.2. The van der Waals surface area contributed by atoms with Gasteiger partial charge in [-0.3, -0.25) is 4.79 Å². The van der Waals surface area contributed by atoms with Gasteiger partial charge < -0.3 is 14.5 Å². The average Bonchev–Trinajstić information content (AvgIpc) is 2.67. The van der Waals surface area contributed by atoms with Gasteiger partial charge in [0.2, 0.25) is 0 Å². The number of nitrogens with zero attached hydrogens (tertiary/aromatic N) is 2. The summed E-state index contributed by atoms with van der Waals surface area (Å²) in [4.78, 5) is 18.2. The van der Waals surface area contributed by atoms with E-state index in [0.717, 1.165) is 48.8 Å². The Labute approximate surface area is 153 Å². The number of hydrogen-bond acceptors (Lipinski definition) is 4. The van der Waals surface area contributed by atoms with E-state index in [0.29, 0.717) is 0 Å². The van der Waals surface area contributed by atoms with E-state index in [4.69, 9.17) is 4.74 Å². The average molecular weight is 356 g/mol. The van der Waals surface area contributed by atoms with Crippen LogP contribution in [-0.2, 0) is 5.75 Å². The lowest BCUT2D eigenvalue weighted by Gasteiger charge is -2.32. The normalized spacial score (nSPS) is 15.2. The second-order valence-electron chi connectivity index (χ2n) is 6.22. The van der Waals surface area contributed by atoms with Crippen molar-refractivity contribution in [3.63, 3.8) is 0 Å². The molecule has 2 aromatic rings. The van der Waals surface area contributed by atoms with Gasteiger partial charge in [-0.1, -0.05) is 18.2 Å². The molecule has 0 aliphatic carbocycles. The van der Waals surface area contributed by atoms with Crippen LogP contribution in [0.15, 0.2) is 53.4 Å². The fourth-order valence-corrected chi connectivity index (χ4v) is 3.79. The number of rotatable bonds is 5. The van der Waals surface area contributed by atoms with Gasteiger partial charge in [-0.15, -0.1) is 11.8 Å². The Morgan fingerprint density at radius 2 is 1.80 bits per heavy atom. The van der Waals surface area contributed by atoms with Crippen LogP contribution in [0.25, 0.3) is 0 Å². The summed E-state index contributed by atoms with van der Waals surface area (Å²) in [6.45, 7) is 3.43. The zero-order chi connectivity index (χ0) is 17.6. The number of amides is 1. The van der Waals surface area contributed by atoms with Gasteiger partial charge in [0.15, 0.2) is 0 Å². The van der Waals surface area contributed by atoms with Crippen LogP contribution >= 0.6 is 11.8 Å². The predicted molar refractivity (Wildman–Crippen MR) is 102 cm³/mol. The lowest BCUT2D eigenvalue weighted by atomic mass is 10.1. The summed E-state index contributed by atoms with van der Waals surface area (Å²) in [5.74, 6) is 1.72. The van der Waals surface area contributed by atoms with Crippen molar-refractivity contribution in [1.82, 2.24) is 9.80 Å². The molecule has 0 atom stereocenters. The van der Waals surface area contributed by atoms with E-state index < -0.39 is 0 Å². The van der Waals surface area contributed by atoms with Crippen LogP contribution in [0.1, 0.15) is 15.9 Å². The first kappa shape index (κ1) is 17.8. The van der Waals surface area contributed by atoms with E-state index in [1.807, 2.05) is 41.3 Å². The van der Waals surface area contributed by atoms with Gasteiger partial charge in [0.1, 0.15) is 5.75 Å². The van der Waals surface area contributed by atoms with Gasteiger partial charge in [-0.2, -0.15) is 0 Å². The molecule has 2 aromatic carbocycles. The van der Waals surface area contributed by atoms with Crippen molar-refractivity contribution in [2.75, 3.05) is 40.3 Å². The lowest BCUT2D eigenvalue weighted by molar-refractivity contribution is 0.0664. The van der Waals surface area contributed by atoms with Crippen LogP contribution in [0, 0.1) is 0 Å². The highest BCUT2D eigenvalue weighted by Gasteiger charge is 2.21. The number of benzene rings is 2. The van der Waals surface area contributed by atoms with E-state index >= 15 is 0 Å². The molecule has 5 heteroatoms. The Morgan fingerprint density at radius 3 is 2.48 bits per heavy atom. The molecule has 0 saturated carbocycles. The summed E-state index contributed by atoms with van der Waals surface area (Å²) < 4.78 is 5.48. The molecule has 1 aliphatic heterocycles. The summed E-state index contributed by atoms with van der Waals surface area (Å²) in [6, 6.07) is 16.0. The molecule has 25 heavy (non-hydrogen) atoms. The van der Waals surface area contributed by atoms with Crippen LogP contribution in [0.3, 0.4) is 0 Å². The second kappa shape index (κ2) is 8.41. The molecule has 1 amide bonds. The highest BCUT2D eigenvalue weighted by molar-refractivity contribution is 7.98. The topological polar surface area (TPSA) is 32.8 Å². The Morgan fingerprint density at radius 1 is 1.08 bits per heavy atom. The molecular weight excluding hydrogens is 332 g/mol. The molecule has 0 N–H and O–H groups in total. The number of methoxy groups -OCH3 is 1. The van der Waals surface area contributed by atoms with E-state index in [-0.39, 0.29) is 5.91 Å². The third-order valence-electron chi connectivity index (χ3n) is 4.46. The summed E-state index contributed by atoms with van der Waals surface area (Å²) in [7, 11) is 3.77. The number of ether oxygens (including phenoxy) is 1. The van der Waals surface area contributed by atoms with Gasteiger partial charge in [-0.05, 0) is 37.4 Å². The highest BCUT2D eigenvalue weighted by Crippen LogP contribution is 2.29. The van der Waals surface area contributed by atoms with Crippen LogP contribution < -0.4 is 4.74 Å². The number of hydrogen-bond donors (Lipinski definition) is 0. The molecule has 132 valence electrons. The molecule has 1 aliphatic rings. The van der Waals surface area contributed by atoms with Crippen molar-refractivity contribution in [2.24, 2.45) is 0 Å². The number of thioether (sulfide) groups is 1. The van der Waals surface area contributed by atoms with Crippen LogP contribution in [0.2, 0.25) is 0 Å². The lowest BCUT2D eigenvalue weighted by Crippen LogP contribution is -2.47. The fourth-order valence-electron chi connectivity index (χ4n) is 2.89. The van der Waals surface area contributed by atoms with E-state index in [1.165, 1.54) is 4.90 Å². The van der Waals surface area contributed by atoms with Gasteiger partial charge in [0.25, 0.3) is 5.91 Å². The summed E-state index contributed by atoms with van der Waals surface area (Å²) in [6.07, 6.45) is 0. The van der Waals surface area contributed by atoms with E-state index in [9.17, 15) is 4.79 Å². The molecule has 0 aromatic heterocycles. The maximum Gasteiger partial charge on any atom is 0.253 e. The SMILES string of the molecule is COc1ccc(C(=O)N2CCN(C)CC2)cc1CSc1ccccc1. The van der Waals surface area contributed by atoms with E-state index in [2.05, 4.69) is 24.1 Å². The minimum atomic E-state index is 0.113. The second-order valence-corrected chi connectivity index (χ2v) is 7.27. The first-order valence-electron chi connectivity index (χ1n) is 8.50. The molecular formula is C20H24N2O2S. The third kappa shape index (κ3) is 4.55. The van der Waals surface area contributed by atoms with E-state index in [1.54, 1.807) is 18.9 Å². The smallest absolute Gasteiger partial charge is 0.253 e. The molecule has 0 radical (unpaired) electrons. The predicted octanol–water partition coefficient (Wildman–Crippen LogP) is 3.38. The Hall–Kier alpha value is -1.98. The molecule has 4 nitrogen and oxygen atoms in total. The van der Waals surface area contributed by atoms with Gasteiger partial charge in [0, 0.05) is 48.0 Å². The number of likely N-dealkylation sites (N-methyl/N-ethyl adjacent to an activating group) is 1. The van der Waals surface area contributed by atoms with Gasteiger partial charge >= 0.3 is 0 Å². The number of carbonyl (C=O) groups excluding carboxylic acids is 1. The zero-order valence-corrected chi connectivity index (χ0v) is 15.6. The quantitative estimate of drug-likeness (QED) is 0.769. The molecule has 0 unspecified atom stereocenters. The van der Waals surface area contributed by atoms with Crippen molar-refractivity contribution < 1.29 is 9.53 Å². The first-order valence-corrected chi connectivity index (χ1v) is 9.48. The monoisotopic (exact) mass is 356 g/mol. The maximum absolute atomic E-state index is 12.8. The van der Waals surface area contributed by atoms with Crippen molar-refractivity contribution in [1.29, 1.82) is 0 Å². The van der Waals surface area contributed by atoms with Crippen LogP contribution in [0.4, 0.5) is 0 Å². The largest absolute Gasteiger partial charge is 0.496 e. The molecule has 0 bridgehead atoms. The van der Waals surface area contributed by atoms with Crippen LogP contribution in [-0.4, -0.2) is 56.0 Å². The Kier molecular flexibility index (Phi) is 6.00. The Bertz CT molecular complexity index is 713. The molecule has 1 fully saturated rings. The molecule has 1 saturated heterocycles. The van der Waals surface area contributed by atoms with Gasteiger partial charge in [-0.25, -0.2) is 0 Å². The highest BCUT2D eigenvalue weighted by atomic mass is 32.2. The minimum Gasteiger partial charge on any atom is -0.496 e. The third-order valence-corrected chi connectivity index (χ3v) is 5.52. The maximum atomic E-state index is 12.8. The van der Waals surface area contributed by atoms with Crippen molar-refractivity contribution in [2.45, 2.75) is 10.6 Å². The van der Waals surface area contributed by atoms with Gasteiger partial charge in [0.05, 0.1) is 7.11 Å². The van der Waals surface area contributed by atoms with Crippen molar-refractivity contribution in [3.8, 4) is 5.75 Å². The summed E-state index contributed by atoms with van der Waals surface area (Å²) in [5, 5.41) is 0. The number of piperazine rings is 1. The standard InChI is InChI=1S/C20H24N2O2S/c1-21-10-12-22(13-11-21)20(23)16-8-9-19(24-2)17(14-16)15-25-18-6-4-3-5-7-18/h3-9,14H,10-13,15H2,1-2H3. The fraction of sp³-hybridized carbons (Fsp3) is 0.350. The number of carbonyl (C=O) groups is 1.